The zero-order valence-corrected chi connectivity index (χ0v) is 63.1. The van der Waals surface area contributed by atoms with Crippen molar-refractivity contribution in [2.24, 2.45) is 11.8 Å². The highest BCUT2D eigenvalue weighted by molar-refractivity contribution is 7.47. The molecule has 0 aromatic rings. The first-order valence-corrected chi connectivity index (χ1v) is 42.0. The van der Waals surface area contributed by atoms with E-state index in [0.717, 1.165) is 115 Å². The van der Waals surface area contributed by atoms with Crippen LogP contribution >= 0.6 is 15.6 Å². The van der Waals surface area contributed by atoms with Gasteiger partial charge in [-0.1, -0.05) is 337 Å². The van der Waals surface area contributed by atoms with E-state index in [1.54, 1.807) is 0 Å². The predicted octanol–water partition coefficient (Wildman–Crippen LogP) is 21.9. The van der Waals surface area contributed by atoms with E-state index in [9.17, 15) is 43.2 Å². The maximum Gasteiger partial charge on any atom is 0.472 e. The number of phosphoric acid groups is 2. The fraction of sp³-hybridized carbons (Fsp3) is 0.947. The molecule has 0 fully saturated rings. The van der Waals surface area contributed by atoms with Gasteiger partial charge in [-0.3, -0.25) is 37.3 Å². The molecule has 0 aliphatic rings. The van der Waals surface area contributed by atoms with E-state index in [1.165, 1.54) is 193 Å². The molecule has 94 heavy (non-hydrogen) atoms. The van der Waals surface area contributed by atoms with Gasteiger partial charge < -0.3 is 33.8 Å². The van der Waals surface area contributed by atoms with Crippen LogP contribution in [-0.4, -0.2) is 96.7 Å². The van der Waals surface area contributed by atoms with Crippen molar-refractivity contribution in [3.63, 3.8) is 0 Å². The van der Waals surface area contributed by atoms with Crippen LogP contribution in [0.3, 0.4) is 0 Å². The minimum absolute atomic E-state index is 0.105. The number of hydrogen-bond acceptors (Lipinski definition) is 15. The summed E-state index contributed by atoms with van der Waals surface area (Å²) in [5.41, 5.74) is 0. The molecule has 0 aromatic heterocycles. The summed E-state index contributed by atoms with van der Waals surface area (Å²) in [6.07, 6.45) is 54.2. The number of hydrogen-bond donors (Lipinski definition) is 3. The topological polar surface area (TPSA) is 237 Å². The number of ether oxygens (including phenoxy) is 4. The normalized spacial score (nSPS) is 14.3. The monoisotopic (exact) mass is 1380 g/mol. The van der Waals surface area contributed by atoms with E-state index in [1.807, 2.05) is 0 Å². The highest BCUT2D eigenvalue weighted by Gasteiger charge is 2.30. The molecule has 0 rings (SSSR count). The van der Waals surface area contributed by atoms with Crippen molar-refractivity contribution in [2.45, 2.75) is 407 Å². The number of aliphatic hydroxyl groups excluding tert-OH is 1. The number of rotatable bonds is 74. The minimum Gasteiger partial charge on any atom is -0.462 e. The number of phosphoric ester groups is 2. The van der Waals surface area contributed by atoms with Crippen LogP contribution in [0.5, 0.6) is 0 Å². The summed E-state index contributed by atoms with van der Waals surface area (Å²) >= 11 is 0. The number of esters is 4. The summed E-state index contributed by atoms with van der Waals surface area (Å²) < 4.78 is 68.4. The fourth-order valence-corrected chi connectivity index (χ4v) is 13.0. The Hall–Kier alpha value is -1.94. The third-order valence-electron chi connectivity index (χ3n) is 17.8. The van der Waals surface area contributed by atoms with E-state index in [2.05, 4.69) is 41.5 Å². The number of carbonyl (C=O) groups is 4. The molecule has 0 saturated heterocycles. The van der Waals surface area contributed by atoms with Crippen LogP contribution in [0, 0.1) is 11.8 Å². The third-order valence-corrected chi connectivity index (χ3v) is 19.7. The van der Waals surface area contributed by atoms with Crippen LogP contribution in [0.15, 0.2) is 0 Å². The van der Waals surface area contributed by atoms with Gasteiger partial charge in [-0.05, 0) is 37.5 Å². The summed E-state index contributed by atoms with van der Waals surface area (Å²) in [4.78, 5) is 72.6. The molecule has 0 aliphatic heterocycles. The Morgan fingerprint density at radius 3 is 0.809 bits per heavy atom. The molecule has 6 atom stereocenters. The van der Waals surface area contributed by atoms with Gasteiger partial charge in [0.05, 0.1) is 26.4 Å². The Kier molecular flexibility index (Phi) is 65.5. The van der Waals surface area contributed by atoms with Crippen LogP contribution in [-0.2, 0) is 65.4 Å². The lowest BCUT2D eigenvalue weighted by atomic mass is 9.99. The highest BCUT2D eigenvalue weighted by atomic mass is 31.2. The average molecular weight is 1380 g/mol. The average Bonchev–Trinajstić information content (AvgIpc) is 2.53. The second kappa shape index (κ2) is 66.9. The van der Waals surface area contributed by atoms with Crippen LogP contribution in [0.4, 0.5) is 0 Å². The summed E-state index contributed by atoms with van der Waals surface area (Å²) in [6, 6.07) is 0. The lowest BCUT2D eigenvalue weighted by molar-refractivity contribution is -0.161. The maximum atomic E-state index is 13.1. The summed E-state index contributed by atoms with van der Waals surface area (Å²) in [6.45, 7) is 9.57. The molecular formula is C75H146O17P2. The van der Waals surface area contributed by atoms with Crippen molar-refractivity contribution in [1.82, 2.24) is 0 Å². The molecule has 0 bridgehead atoms. The Morgan fingerprint density at radius 1 is 0.309 bits per heavy atom. The molecule has 0 aromatic carbocycles. The van der Waals surface area contributed by atoms with Gasteiger partial charge in [0.1, 0.15) is 19.3 Å². The van der Waals surface area contributed by atoms with Gasteiger partial charge in [0.2, 0.25) is 0 Å². The summed E-state index contributed by atoms with van der Waals surface area (Å²) in [5.74, 6) is -0.550. The Labute approximate surface area is 575 Å². The van der Waals surface area contributed by atoms with E-state index in [-0.39, 0.29) is 25.7 Å². The summed E-state index contributed by atoms with van der Waals surface area (Å²) in [7, 11) is -9.90. The Balaban J connectivity index is 5.20. The van der Waals surface area contributed by atoms with Gasteiger partial charge >= 0.3 is 39.5 Å². The second-order valence-electron chi connectivity index (χ2n) is 27.8. The maximum absolute atomic E-state index is 13.1. The molecule has 0 saturated carbocycles. The molecule has 19 heteroatoms. The second-order valence-corrected chi connectivity index (χ2v) is 30.7. The van der Waals surface area contributed by atoms with Gasteiger partial charge in [-0.2, -0.15) is 0 Å². The molecule has 0 aliphatic carbocycles. The minimum atomic E-state index is -4.96. The van der Waals surface area contributed by atoms with Crippen LogP contribution in [0.1, 0.15) is 388 Å². The largest absolute Gasteiger partial charge is 0.472 e. The molecule has 17 nitrogen and oxygen atoms in total. The number of unbranched alkanes of at least 4 members (excludes halogenated alkanes) is 43. The lowest BCUT2D eigenvalue weighted by Crippen LogP contribution is -2.30. The summed E-state index contributed by atoms with van der Waals surface area (Å²) in [5, 5.41) is 10.6. The molecule has 3 unspecified atom stereocenters. The number of carbonyl (C=O) groups excluding carboxylic acids is 4. The van der Waals surface area contributed by atoms with Gasteiger partial charge in [0.15, 0.2) is 12.2 Å². The molecule has 0 radical (unpaired) electrons. The first-order chi connectivity index (χ1) is 45.4. The van der Waals surface area contributed by atoms with Gasteiger partial charge in [-0.15, -0.1) is 0 Å². The molecular weight excluding hydrogens is 1230 g/mol. The van der Waals surface area contributed by atoms with Crippen molar-refractivity contribution in [2.75, 3.05) is 39.6 Å². The van der Waals surface area contributed by atoms with Crippen molar-refractivity contribution in [3.8, 4) is 0 Å². The standard InChI is InChI=1S/C75H146O17P2/c1-7-10-12-14-16-17-18-19-20-21-24-27-30-33-40-46-52-58-73(78)86-64-71(91-74(79)59-53-47-41-34-31-28-25-22-23-26-29-32-38-43-49-55-67(4)5)66-90-94(83,84)88-62-69(76)61-87-93(81,82)89-65-70(63-85-72(77)57-51-45-37-15-13-11-8-2)92-75(80)60-54-48-42-36-35-39-44-50-56-68(6)9-3/h67-71,76H,7-66H2,1-6H3,(H,81,82)(H,83,84)/t68?,69-,70+,71+/m0/s1. The SMILES string of the molecule is CCCCCCCCCCCCCCCCCCCC(=O)OC[C@H](COP(=O)(O)OC[C@@H](O)COP(=O)(O)OC[C@@H](COC(=O)CCCCCCCCC)OC(=O)CCCCCCCCCCC(C)CC)OC(=O)CCCCCCCCCCCCCCCCCC(C)C. The molecule has 0 amide bonds. The first-order valence-electron chi connectivity index (χ1n) is 39.0. The number of aliphatic hydroxyl groups is 1. The zero-order valence-electron chi connectivity index (χ0n) is 61.3. The van der Waals surface area contributed by atoms with E-state index in [4.69, 9.17) is 37.0 Å². The fourth-order valence-electron chi connectivity index (χ4n) is 11.4. The van der Waals surface area contributed by atoms with Crippen LogP contribution in [0.25, 0.3) is 0 Å². The van der Waals surface area contributed by atoms with Gasteiger partial charge in [-0.25, -0.2) is 9.13 Å². The van der Waals surface area contributed by atoms with Crippen molar-refractivity contribution < 1.29 is 80.2 Å². The highest BCUT2D eigenvalue weighted by Crippen LogP contribution is 2.45. The van der Waals surface area contributed by atoms with Crippen molar-refractivity contribution in [3.05, 3.63) is 0 Å². The molecule has 558 valence electrons. The van der Waals surface area contributed by atoms with E-state index >= 15 is 0 Å². The third kappa shape index (κ3) is 67.3. The Morgan fingerprint density at radius 2 is 0.543 bits per heavy atom. The van der Waals surface area contributed by atoms with Crippen LogP contribution in [0.2, 0.25) is 0 Å². The lowest BCUT2D eigenvalue weighted by Gasteiger charge is -2.21. The van der Waals surface area contributed by atoms with Gasteiger partial charge in [0, 0.05) is 25.7 Å². The quantitative estimate of drug-likeness (QED) is 0.0222. The van der Waals surface area contributed by atoms with Crippen LogP contribution < -0.4 is 0 Å². The predicted molar refractivity (Wildman–Crippen MR) is 381 cm³/mol. The Bertz CT molecular complexity index is 1820. The first kappa shape index (κ1) is 92.1. The van der Waals surface area contributed by atoms with Gasteiger partial charge in [0.25, 0.3) is 0 Å². The van der Waals surface area contributed by atoms with Crippen molar-refractivity contribution in [1.29, 1.82) is 0 Å². The molecule has 0 spiro atoms. The van der Waals surface area contributed by atoms with Crippen molar-refractivity contribution >= 4 is 39.5 Å². The molecule has 0 heterocycles. The smallest absolute Gasteiger partial charge is 0.462 e. The van der Waals surface area contributed by atoms with E-state index < -0.39 is 97.5 Å². The molecule has 3 N–H and O–H groups in total. The zero-order chi connectivity index (χ0) is 69.3. The van der Waals surface area contributed by atoms with E-state index in [0.29, 0.717) is 25.7 Å².